The highest BCUT2D eigenvalue weighted by atomic mass is 16.5. The molecule has 0 bridgehead atoms. The van der Waals surface area contributed by atoms with Gasteiger partial charge in [0, 0.05) is 12.7 Å². The predicted molar refractivity (Wildman–Crippen MR) is 96.0 cm³/mol. The van der Waals surface area contributed by atoms with Crippen LogP contribution in [0.1, 0.15) is 84.0 Å². The first-order valence-electron chi connectivity index (χ1n) is 9.99. The van der Waals surface area contributed by atoms with Crippen molar-refractivity contribution in [1.29, 1.82) is 5.26 Å². The fraction of sp³-hybridized carbons (Fsp3) is 0.857. The molecule has 0 aliphatic heterocycles. The second-order valence-corrected chi connectivity index (χ2v) is 7.74. The summed E-state index contributed by atoms with van der Waals surface area (Å²) >= 11 is 0. The van der Waals surface area contributed by atoms with Gasteiger partial charge in [0.05, 0.1) is 12.2 Å². The summed E-state index contributed by atoms with van der Waals surface area (Å²) in [4.78, 5) is 0. The summed E-state index contributed by atoms with van der Waals surface area (Å²) < 4.78 is 6.22. The van der Waals surface area contributed by atoms with Gasteiger partial charge in [-0.2, -0.15) is 5.26 Å². The van der Waals surface area contributed by atoms with E-state index in [4.69, 9.17) is 10.00 Å². The van der Waals surface area contributed by atoms with Crippen LogP contribution in [0.3, 0.4) is 0 Å². The molecular formula is C21H35NO. The van der Waals surface area contributed by atoms with Crippen molar-refractivity contribution in [2.24, 2.45) is 17.8 Å². The van der Waals surface area contributed by atoms with Crippen LogP contribution in [0.15, 0.2) is 12.2 Å². The first-order chi connectivity index (χ1) is 11.3. The largest absolute Gasteiger partial charge is 0.378 e. The molecule has 23 heavy (non-hydrogen) atoms. The number of nitriles is 1. The third-order valence-electron chi connectivity index (χ3n) is 5.91. The van der Waals surface area contributed by atoms with E-state index in [0.29, 0.717) is 12.0 Å². The molecule has 0 atom stereocenters. The lowest BCUT2D eigenvalue weighted by atomic mass is 9.80. The van der Waals surface area contributed by atoms with Crippen LogP contribution in [-0.2, 0) is 4.74 Å². The zero-order chi connectivity index (χ0) is 16.3. The molecule has 130 valence electrons. The van der Waals surface area contributed by atoms with Gasteiger partial charge in [-0.3, -0.25) is 0 Å². The lowest BCUT2D eigenvalue weighted by molar-refractivity contribution is -0.00663. The number of hydrogen-bond acceptors (Lipinski definition) is 2. The Morgan fingerprint density at radius 1 is 0.957 bits per heavy atom. The summed E-state index contributed by atoms with van der Waals surface area (Å²) in [5.41, 5.74) is 0. The second-order valence-electron chi connectivity index (χ2n) is 7.74. The number of rotatable bonds is 8. The molecular weight excluding hydrogens is 282 g/mol. The van der Waals surface area contributed by atoms with Crippen LogP contribution in [0.2, 0.25) is 0 Å². The molecule has 2 aliphatic rings. The van der Waals surface area contributed by atoms with E-state index in [2.05, 4.69) is 19.1 Å². The SMILES string of the molecule is CCCCCC1CCC(COC2CCC(C=CC#N)CC2)CC1. The van der Waals surface area contributed by atoms with Crippen molar-refractivity contribution in [3.05, 3.63) is 12.2 Å². The Bertz CT molecular complexity index is 368. The maximum Gasteiger partial charge on any atom is 0.0908 e. The molecule has 2 fully saturated rings. The summed E-state index contributed by atoms with van der Waals surface area (Å²) in [5.74, 6) is 2.42. The van der Waals surface area contributed by atoms with Gasteiger partial charge in [-0.1, -0.05) is 51.5 Å². The number of allylic oxidation sites excluding steroid dienone is 2. The normalized spacial score (nSPS) is 32.0. The van der Waals surface area contributed by atoms with Gasteiger partial charge in [-0.05, 0) is 56.3 Å². The van der Waals surface area contributed by atoms with Gasteiger partial charge in [0.1, 0.15) is 0 Å². The van der Waals surface area contributed by atoms with E-state index in [1.807, 2.05) is 0 Å². The summed E-state index contributed by atoms with van der Waals surface area (Å²) in [6, 6.07) is 2.10. The third kappa shape index (κ3) is 7.08. The van der Waals surface area contributed by atoms with E-state index in [1.54, 1.807) is 6.08 Å². The molecule has 0 radical (unpaired) electrons. The number of hydrogen-bond donors (Lipinski definition) is 0. The van der Waals surface area contributed by atoms with E-state index < -0.39 is 0 Å². The molecule has 0 aromatic carbocycles. The van der Waals surface area contributed by atoms with Gasteiger partial charge in [0.2, 0.25) is 0 Å². The predicted octanol–water partition coefficient (Wildman–Crippen LogP) is 6.03. The van der Waals surface area contributed by atoms with Crippen molar-refractivity contribution in [3.63, 3.8) is 0 Å². The van der Waals surface area contributed by atoms with Crippen LogP contribution in [0.25, 0.3) is 0 Å². The molecule has 0 saturated heterocycles. The standard InChI is InChI=1S/C21H35NO/c1-2-3-4-6-18-8-10-20(11-9-18)17-23-21-14-12-19(13-15-21)7-5-16-22/h5,7,18-21H,2-4,6,8-15,17H2,1H3. The molecule has 0 heterocycles. The highest BCUT2D eigenvalue weighted by Crippen LogP contribution is 2.33. The second kappa shape index (κ2) is 10.9. The molecule has 2 rings (SSSR count). The Morgan fingerprint density at radius 2 is 1.65 bits per heavy atom. The molecule has 0 amide bonds. The van der Waals surface area contributed by atoms with Gasteiger partial charge >= 0.3 is 0 Å². The topological polar surface area (TPSA) is 33.0 Å². The average Bonchev–Trinajstić information content (AvgIpc) is 2.60. The molecule has 2 heteroatoms. The fourth-order valence-electron chi connectivity index (χ4n) is 4.27. The van der Waals surface area contributed by atoms with Crippen molar-refractivity contribution >= 4 is 0 Å². The first-order valence-corrected chi connectivity index (χ1v) is 9.99. The van der Waals surface area contributed by atoms with E-state index in [0.717, 1.165) is 18.4 Å². The van der Waals surface area contributed by atoms with Gasteiger partial charge in [0.25, 0.3) is 0 Å². The van der Waals surface area contributed by atoms with Gasteiger partial charge in [-0.25, -0.2) is 0 Å². The van der Waals surface area contributed by atoms with E-state index in [-0.39, 0.29) is 0 Å². The van der Waals surface area contributed by atoms with Gasteiger partial charge < -0.3 is 4.74 Å². The van der Waals surface area contributed by atoms with Crippen molar-refractivity contribution in [1.82, 2.24) is 0 Å². The Labute approximate surface area is 143 Å². The summed E-state index contributed by atoms with van der Waals surface area (Å²) in [6.45, 7) is 3.28. The van der Waals surface area contributed by atoms with Crippen LogP contribution >= 0.6 is 0 Å². The van der Waals surface area contributed by atoms with Crippen molar-refractivity contribution in [2.75, 3.05) is 6.61 Å². The van der Waals surface area contributed by atoms with Crippen LogP contribution in [-0.4, -0.2) is 12.7 Å². The molecule has 2 nitrogen and oxygen atoms in total. The smallest absolute Gasteiger partial charge is 0.0908 e. The first kappa shape index (κ1) is 18.5. The number of ether oxygens (including phenoxy) is 1. The summed E-state index contributed by atoms with van der Waals surface area (Å²) in [5, 5.41) is 8.59. The fourth-order valence-corrected chi connectivity index (χ4v) is 4.27. The average molecular weight is 318 g/mol. The van der Waals surface area contributed by atoms with Gasteiger partial charge in [-0.15, -0.1) is 0 Å². The highest BCUT2D eigenvalue weighted by Gasteiger charge is 2.24. The van der Waals surface area contributed by atoms with Crippen LogP contribution in [0, 0.1) is 29.1 Å². The minimum absolute atomic E-state index is 0.476. The Hall–Kier alpha value is -0.810. The molecule has 0 unspecified atom stereocenters. The van der Waals surface area contributed by atoms with Crippen molar-refractivity contribution in [3.8, 4) is 6.07 Å². The van der Waals surface area contributed by atoms with E-state index in [9.17, 15) is 0 Å². The molecule has 0 aromatic rings. The van der Waals surface area contributed by atoms with Crippen molar-refractivity contribution < 1.29 is 4.74 Å². The number of nitrogens with zero attached hydrogens (tertiary/aromatic N) is 1. The Morgan fingerprint density at radius 3 is 2.30 bits per heavy atom. The maximum atomic E-state index is 8.59. The lowest BCUT2D eigenvalue weighted by Crippen LogP contribution is -2.25. The summed E-state index contributed by atoms with van der Waals surface area (Å²) in [7, 11) is 0. The highest BCUT2D eigenvalue weighted by molar-refractivity contribution is 5.04. The third-order valence-corrected chi connectivity index (χ3v) is 5.91. The molecule has 0 aromatic heterocycles. The Kier molecular flexibility index (Phi) is 8.76. The van der Waals surface area contributed by atoms with E-state index >= 15 is 0 Å². The summed E-state index contributed by atoms with van der Waals surface area (Å²) in [6.07, 6.45) is 20.2. The molecule has 0 N–H and O–H groups in total. The monoisotopic (exact) mass is 317 g/mol. The van der Waals surface area contributed by atoms with E-state index in [1.165, 1.54) is 77.0 Å². The zero-order valence-corrected chi connectivity index (χ0v) is 15.0. The zero-order valence-electron chi connectivity index (χ0n) is 15.0. The number of unbranched alkanes of at least 4 members (excludes halogenated alkanes) is 2. The maximum absolute atomic E-state index is 8.59. The van der Waals surface area contributed by atoms with Crippen LogP contribution < -0.4 is 0 Å². The molecule has 2 saturated carbocycles. The minimum Gasteiger partial charge on any atom is -0.378 e. The molecule has 2 aliphatic carbocycles. The molecule has 0 spiro atoms. The van der Waals surface area contributed by atoms with Crippen LogP contribution in [0.4, 0.5) is 0 Å². The van der Waals surface area contributed by atoms with Crippen molar-refractivity contribution in [2.45, 2.75) is 90.1 Å². The lowest BCUT2D eigenvalue weighted by Gasteiger charge is -2.31. The Balaban J connectivity index is 1.54. The van der Waals surface area contributed by atoms with Crippen LogP contribution in [0.5, 0.6) is 0 Å². The quantitative estimate of drug-likeness (QED) is 0.404. The minimum atomic E-state index is 0.476. The van der Waals surface area contributed by atoms with Gasteiger partial charge in [0.15, 0.2) is 0 Å².